The van der Waals surface area contributed by atoms with Gasteiger partial charge in [-0.1, -0.05) is 17.7 Å². The van der Waals surface area contributed by atoms with Crippen LogP contribution in [0.5, 0.6) is 0 Å². The molecular weight excluding hydrogens is 362 g/mol. The average molecular weight is 382 g/mol. The summed E-state index contributed by atoms with van der Waals surface area (Å²) >= 11 is 5.79. The fourth-order valence-electron chi connectivity index (χ4n) is 2.29. The van der Waals surface area contributed by atoms with Gasteiger partial charge < -0.3 is 4.90 Å². The molecule has 0 aliphatic carbocycles. The lowest BCUT2D eigenvalue weighted by Gasteiger charge is -2.21. The number of carbonyl (C=O) groups is 1. The number of benzene rings is 2. The van der Waals surface area contributed by atoms with E-state index >= 15 is 0 Å². The third-order valence-electron chi connectivity index (χ3n) is 3.66. The van der Waals surface area contributed by atoms with Crippen molar-refractivity contribution in [2.45, 2.75) is 18.7 Å². The summed E-state index contributed by atoms with van der Waals surface area (Å²) in [6, 6.07) is 12.7. The van der Waals surface area contributed by atoms with Gasteiger partial charge >= 0.3 is 0 Å². The molecule has 0 aliphatic rings. The molecule has 2 aromatic carbocycles. The summed E-state index contributed by atoms with van der Waals surface area (Å²) in [7, 11) is -3.89. The molecule has 2 rings (SSSR count). The third-order valence-corrected chi connectivity index (χ3v) is 5.14. The van der Waals surface area contributed by atoms with E-state index in [0.29, 0.717) is 10.6 Å². The first-order valence-corrected chi connectivity index (χ1v) is 9.66. The van der Waals surface area contributed by atoms with Crippen molar-refractivity contribution in [3.8, 4) is 0 Å². The summed E-state index contributed by atoms with van der Waals surface area (Å²) in [5, 5.41) is 0.293. The lowest BCUT2D eigenvalue weighted by atomic mass is 10.2. The second kappa shape index (κ2) is 8.33. The maximum atomic E-state index is 12.2. The normalized spacial score (nSPS) is 11.2. The van der Waals surface area contributed by atoms with Gasteiger partial charge in [-0.25, -0.2) is 8.42 Å². The molecule has 2 N–H and O–H groups in total. The van der Waals surface area contributed by atoms with E-state index in [-0.39, 0.29) is 4.90 Å². The minimum atomic E-state index is -3.89. The van der Waals surface area contributed by atoms with E-state index in [0.717, 1.165) is 18.8 Å². The maximum Gasteiger partial charge on any atom is 0.266 e. The molecule has 0 aromatic heterocycles. The first-order valence-electron chi connectivity index (χ1n) is 7.80. The van der Waals surface area contributed by atoms with E-state index in [4.69, 9.17) is 11.6 Å². The Balaban J connectivity index is 2.05. The van der Waals surface area contributed by atoms with E-state index < -0.39 is 15.9 Å². The van der Waals surface area contributed by atoms with Crippen LogP contribution in [0.3, 0.4) is 0 Å². The number of hydrazine groups is 1. The quantitative estimate of drug-likeness (QED) is 0.723. The zero-order chi connectivity index (χ0) is 18.4. The Kier molecular flexibility index (Phi) is 6.41. The number of rotatable bonds is 7. The van der Waals surface area contributed by atoms with E-state index in [1.54, 1.807) is 18.2 Å². The summed E-state index contributed by atoms with van der Waals surface area (Å²) in [6.45, 7) is 5.83. The molecule has 0 unspecified atom stereocenters. The van der Waals surface area contributed by atoms with Crippen molar-refractivity contribution in [3.63, 3.8) is 0 Å². The fraction of sp³-hybridized carbons (Fsp3) is 0.235. The van der Waals surface area contributed by atoms with Crippen molar-refractivity contribution >= 4 is 33.2 Å². The van der Waals surface area contributed by atoms with E-state index in [1.165, 1.54) is 18.2 Å². The molecule has 0 spiro atoms. The largest absolute Gasteiger partial charge is 0.372 e. The Morgan fingerprint density at radius 2 is 1.72 bits per heavy atom. The number of halogens is 1. The minimum absolute atomic E-state index is 0.0304. The number of hydrogen-bond acceptors (Lipinski definition) is 4. The Bertz CT molecular complexity index is 834. The molecule has 0 aliphatic heterocycles. The summed E-state index contributed by atoms with van der Waals surface area (Å²) < 4.78 is 24.3. The predicted octanol–water partition coefficient (Wildman–Crippen LogP) is 2.81. The lowest BCUT2D eigenvalue weighted by molar-refractivity contribution is 0.0945. The van der Waals surface area contributed by atoms with Crippen molar-refractivity contribution in [1.82, 2.24) is 10.3 Å². The van der Waals surface area contributed by atoms with Crippen molar-refractivity contribution in [2.24, 2.45) is 0 Å². The average Bonchev–Trinajstić information content (AvgIpc) is 2.61. The topological polar surface area (TPSA) is 78.5 Å². The van der Waals surface area contributed by atoms with Crippen LogP contribution in [0.1, 0.15) is 24.2 Å². The first kappa shape index (κ1) is 19.2. The van der Waals surface area contributed by atoms with Gasteiger partial charge in [-0.05, 0) is 56.3 Å². The van der Waals surface area contributed by atoms with Gasteiger partial charge in [0, 0.05) is 29.4 Å². The SMILES string of the molecule is CCN(CC)c1ccc(C(=O)NNS(=O)(=O)c2cccc(Cl)c2)cc1. The molecule has 0 bridgehead atoms. The van der Waals surface area contributed by atoms with Crippen LogP contribution in [0.15, 0.2) is 53.4 Å². The van der Waals surface area contributed by atoms with Crippen LogP contribution in [0.4, 0.5) is 5.69 Å². The molecule has 1 amide bonds. The molecule has 0 saturated heterocycles. The van der Waals surface area contributed by atoms with Gasteiger partial charge in [0.1, 0.15) is 0 Å². The van der Waals surface area contributed by atoms with Crippen molar-refractivity contribution in [1.29, 1.82) is 0 Å². The van der Waals surface area contributed by atoms with E-state index in [1.807, 2.05) is 12.1 Å². The molecule has 0 heterocycles. The number of nitrogens with zero attached hydrogens (tertiary/aromatic N) is 1. The van der Waals surface area contributed by atoms with Crippen molar-refractivity contribution in [2.75, 3.05) is 18.0 Å². The maximum absolute atomic E-state index is 12.2. The second-order valence-electron chi connectivity index (χ2n) is 5.24. The summed E-state index contributed by atoms with van der Waals surface area (Å²) in [5.74, 6) is -0.545. The first-order chi connectivity index (χ1) is 11.9. The zero-order valence-electron chi connectivity index (χ0n) is 14.0. The van der Waals surface area contributed by atoms with Crippen molar-refractivity contribution in [3.05, 3.63) is 59.1 Å². The Morgan fingerprint density at radius 3 is 2.28 bits per heavy atom. The Hall–Kier alpha value is -2.09. The number of hydrogen-bond donors (Lipinski definition) is 2. The summed E-state index contributed by atoms with van der Waals surface area (Å²) in [4.78, 5) is 16.3. The van der Waals surface area contributed by atoms with Crippen LogP contribution in [-0.2, 0) is 10.0 Å². The van der Waals surface area contributed by atoms with Gasteiger partial charge in [0.2, 0.25) is 0 Å². The monoisotopic (exact) mass is 381 g/mol. The van der Waals surface area contributed by atoms with Gasteiger partial charge in [0.25, 0.3) is 15.9 Å². The van der Waals surface area contributed by atoms with E-state index in [2.05, 4.69) is 29.0 Å². The molecule has 134 valence electrons. The van der Waals surface area contributed by atoms with Crippen LogP contribution < -0.4 is 15.2 Å². The molecule has 25 heavy (non-hydrogen) atoms. The molecule has 8 heteroatoms. The van der Waals surface area contributed by atoms with E-state index in [9.17, 15) is 13.2 Å². The molecule has 2 aromatic rings. The fourth-order valence-corrected chi connectivity index (χ4v) is 3.43. The van der Waals surface area contributed by atoms with Crippen LogP contribution >= 0.6 is 11.6 Å². The van der Waals surface area contributed by atoms with Crippen LogP contribution in [0, 0.1) is 0 Å². The summed E-state index contributed by atoms with van der Waals surface area (Å²) in [5.41, 5.74) is 3.55. The van der Waals surface area contributed by atoms with Gasteiger partial charge in [0.15, 0.2) is 0 Å². The van der Waals surface area contributed by atoms with Gasteiger partial charge in [-0.15, -0.1) is 4.83 Å². The van der Waals surface area contributed by atoms with Crippen LogP contribution in [-0.4, -0.2) is 27.4 Å². The highest BCUT2D eigenvalue weighted by Crippen LogP contribution is 2.16. The van der Waals surface area contributed by atoms with Gasteiger partial charge in [-0.2, -0.15) is 0 Å². The van der Waals surface area contributed by atoms with Gasteiger partial charge in [0.05, 0.1) is 4.90 Å². The predicted molar refractivity (Wildman–Crippen MR) is 99.2 cm³/mol. The minimum Gasteiger partial charge on any atom is -0.372 e. The number of carbonyl (C=O) groups excluding carboxylic acids is 1. The highest BCUT2D eigenvalue weighted by atomic mass is 35.5. The Morgan fingerprint density at radius 1 is 1.08 bits per heavy atom. The van der Waals surface area contributed by atoms with Gasteiger partial charge in [-0.3, -0.25) is 10.2 Å². The lowest BCUT2D eigenvalue weighted by Crippen LogP contribution is -2.41. The molecule has 0 atom stereocenters. The standard InChI is InChI=1S/C17H20ClN3O3S/c1-3-21(4-2)15-10-8-13(9-11-15)17(22)19-20-25(23,24)16-7-5-6-14(18)12-16/h5-12,20H,3-4H2,1-2H3,(H,19,22). The number of sulfonamides is 1. The highest BCUT2D eigenvalue weighted by molar-refractivity contribution is 7.89. The number of anilines is 1. The number of nitrogens with one attached hydrogen (secondary N) is 2. The molecule has 0 fully saturated rings. The Labute approximate surface area is 152 Å². The number of amides is 1. The second-order valence-corrected chi connectivity index (χ2v) is 7.35. The molecule has 0 saturated carbocycles. The third kappa shape index (κ3) is 4.94. The summed E-state index contributed by atoms with van der Waals surface area (Å²) in [6.07, 6.45) is 0. The van der Waals surface area contributed by atoms with Crippen LogP contribution in [0.25, 0.3) is 0 Å². The molecule has 6 nitrogen and oxygen atoms in total. The highest BCUT2D eigenvalue weighted by Gasteiger charge is 2.16. The zero-order valence-corrected chi connectivity index (χ0v) is 15.6. The smallest absolute Gasteiger partial charge is 0.266 e. The molecular formula is C17H20ClN3O3S. The van der Waals surface area contributed by atoms with Crippen LogP contribution in [0.2, 0.25) is 5.02 Å². The van der Waals surface area contributed by atoms with Crippen molar-refractivity contribution < 1.29 is 13.2 Å². The molecule has 0 radical (unpaired) electrons.